The molecule has 0 aliphatic carbocycles. The van der Waals surface area contributed by atoms with Crippen molar-refractivity contribution in [3.63, 3.8) is 0 Å². The van der Waals surface area contributed by atoms with E-state index < -0.39 is 16.9 Å². The van der Waals surface area contributed by atoms with Crippen LogP contribution in [0.2, 0.25) is 0 Å². The van der Waals surface area contributed by atoms with Crippen LogP contribution in [0.4, 0.5) is 0 Å². The van der Waals surface area contributed by atoms with E-state index in [0.29, 0.717) is 11.3 Å². The molecule has 0 amide bonds. The van der Waals surface area contributed by atoms with Gasteiger partial charge in [0.2, 0.25) is 0 Å². The third kappa shape index (κ3) is 3.93. The zero-order valence-electron chi connectivity index (χ0n) is 10.5. The number of methoxy groups -OCH3 is 1. The fourth-order valence-corrected chi connectivity index (χ4v) is 1.58. The Morgan fingerprint density at radius 1 is 1.29 bits per heavy atom. The standard InChI is InChI=1S/C13H17ClO3/c1-13(2,3)17-12(15)11(14)9-7-5-6-8-10(9)16-4/h5-8,11H,1-4H3. The molecule has 0 aliphatic heterocycles. The van der Waals surface area contributed by atoms with Crippen molar-refractivity contribution in [3.8, 4) is 5.75 Å². The van der Waals surface area contributed by atoms with Gasteiger partial charge in [0.15, 0.2) is 5.38 Å². The van der Waals surface area contributed by atoms with Gasteiger partial charge in [0.25, 0.3) is 0 Å². The average molecular weight is 257 g/mol. The Morgan fingerprint density at radius 2 is 1.88 bits per heavy atom. The highest BCUT2D eigenvalue weighted by atomic mass is 35.5. The van der Waals surface area contributed by atoms with Gasteiger partial charge in [-0.2, -0.15) is 0 Å². The number of halogens is 1. The van der Waals surface area contributed by atoms with Crippen LogP contribution < -0.4 is 4.74 Å². The van der Waals surface area contributed by atoms with E-state index in [4.69, 9.17) is 21.1 Å². The van der Waals surface area contributed by atoms with Gasteiger partial charge in [-0.05, 0) is 26.8 Å². The quantitative estimate of drug-likeness (QED) is 0.615. The van der Waals surface area contributed by atoms with Crippen molar-refractivity contribution in [2.45, 2.75) is 31.7 Å². The number of para-hydroxylation sites is 1. The SMILES string of the molecule is COc1ccccc1C(Cl)C(=O)OC(C)(C)C. The molecule has 0 saturated heterocycles. The van der Waals surface area contributed by atoms with E-state index in [-0.39, 0.29) is 0 Å². The van der Waals surface area contributed by atoms with Crippen molar-refractivity contribution < 1.29 is 14.3 Å². The van der Waals surface area contributed by atoms with Gasteiger partial charge in [0.1, 0.15) is 11.4 Å². The molecule has 0 saturated carbocycles. The maximum absolute atomic E-state index is 11.8. The number of esters is 1. The topological polar surface area (TPSA) is 35.5 Å². The molecule has 0 aliphatic rings. The normalized spacial score (nSPS) is 13.0. The molecule has 1 aromatic carbocycles. The summed E-state index contributed by atoms with van der Waals surface area (Å²) in [5, 5.41) is -0.856. The molecule has 4 heteroatoms. The third-order valence-corrected chi connectivity index (χ3v) is 2.44. The van der Waals surface area contributed by atoms with Crippen molar-refractivity contribution in [1.29, 1.82) is 0 Å². The molecule has 1 atom stereocenters. The first kappa shape index (κ1) is 13.8. The molecule has 1 rings (SSSR count). The number of ether oxygens (including phenoxy) is 2. The molecule has 0 bridgehead atoms. The number of carbonyl (C=O) groups is 1. The first-order chi connectivity index (χ1) is 7.85. The van der Waals surface area contributed by atoms with Crippen molar-refractivity contribution in [1.82, 2.24) is 0 Å². The van der Waals surface area contributed by atoms with Crippen molar-refractivity contribution in [2.75, 3.05) is 7.11 Å². The van der Waals surface area contributed by atoms with Crippen molar-refractivity contribution in [3.05, 3.63) is 29.8 Å². The van der Waals surface area contributed by atoms with Gasteiger partial charge in [-0.1, -0.05) is 18.2 Å². The zero-order valence-corrected chi connectivity index (χ0v) is 11.2. The van der Waals surface area contributed by atoms with E-state index in [0.717, 1.165) is 0 Å². The number of alkyl halides is 1. The summed E-state index contributed by atoms with van der Waals surface area (Å²) in [4.78, 5) is 11.8. The van der Waals surface area contributed by atoms with Crippen LogP contribution in [0.15, 0.2) is 24.3 Å². The second kappa shape index (κ2) is 5.41. The molecule has 0 aromatic heterocycles. The van der Waals surface area contributed by atoms with Crippen LogP contribution in [0.25, 0.3) is 0 Å². The van der Waals surface area contributed by atoms with Gasteiger partial charge in [-0.15, -0.1) is 11.6 Å². The Bertz CT molecular complexity index is 396. The van der Waals surface area contributed by atoms with E-state index in [1.165, 1.54) is 7.11 Å². The maximum atomic E-state index is 11.8. The first-order valence-corrected chi connectivity index (χ1v) is 5.78. The highest BCUT2D eigenvalue weighted by molar-refractivity contribution is 6.30. The lowest BCUT2D eigenvalue weighted by Gasteiger charge is -2.22. The number of hydrogen-bond acceptors (Lipinski definition) is 3. The molecule has 1 unspecified atom stereocenters. The van der Waals surface area contributed by atoms with Crippen LogP contribution in [-0.2, 0) is 9.53 Å². The fourth-order valence-electron chi connectivity index (χ4n) is 1.36. The summed E-state index contributed by atoms with van der Waals surface area (Å²) in [5.74, 6) is 0.113. The van der Waals surface area contributed by atoms with Crippen LogP contribution in [0.3, 0.4) is 0 Å². The number of benzene rings is 1. The summed E-state index contributed by atoms with van der Waals surface area (Å²) in [7, 11) is 1.54. The largest absolute Gasteiger partial charge is 0.496 e. The average Bonchev–Trinajstić information content (AvgIpc) is 2.25. The lowest BCUT2D eigenvalue weighted by molar-refractivity contribution is -0.154. The van der Waals surface area contributed by atoms with E-state index in [1.807, 2.05) is 6.07 Å². The highest BCUT2D eigenvalue weighted by Crippen LogP contribution is 2.31. The molecule has 17 heavy (non-hydrogen) atoms. The van der Waals surface area contributed by atoms with Gasteiger partial charge in [0, 0.05) is 5.56 Å². The summed E-state index contributed by atoms with van der Waals surface area (Å²) in [6, 6.07) is 7.13. The third-order valence-electron chi connectivity index (χ3n) is 2.03. The van der Waals surface area contributed by atoms with Crippen LogP contribution in [0.1, 0.15) is 31.7 Å². The summed E-state index contributed by atoms with van der Waals surface area (Å²) in [5.41, 5.74) is 0.0672. The van der Waals surface area contributed by atoms with Crippen LogP contribution in [0.5, 0.6) is 5.75 Å². The van der Waals surface area contributed by atoms with Gasteiger partial charge in [0.05, 0.1) is 7.11 Å². The number of rotatable bonds is 3. The molecule has 94 valence electrons. The van der Waals surface area contributed by atoms with Crippen LogP contribution in [-0.4, -0.2) is 18.7 Å². The number of carbonyl (C=O) groups excluding carboxylic acids is 1. The Hall–Kier alpha value is -1.22. The second-order valence-corrected chi connectivity index (χ2v) is 5.07. The van der Waals surface area contributed by atoms with Gasteiger partial charge in [-0.3, -0.25) is 4.79 Å². The Labute approximate surface area is 107 Å². The van der Waals surface area contributed by atoms with E-state index in [9.17, 15) is 4.79 Å². The van der Waals surface area contributed by atoms with Crippen LogP contribution in [0, 0.1) is 0 Å². The minimum absolute atomic E-state index is 0.469. The predicted molar refractivity (Wildman–Crippen MR) is 67.4 cm³/mol. The highest BCUT2D eigenvalue weighted by Gasteiger charge is 2.26. The molecule has 1 aromatic rings. The molecule has 0 fully saturated rings. The lowest BCUT2D eigenvalue weighted by Crippen LogP contribution is -2.26. The smallest absolute Gasteiger partial charge is 0.329 e. The summed E-state index contributed by atoms with van der Waals surface area (Å²) in [6.45, 7) is 5.41. The lowest BCUT2D eigenvalue weighted by atomic mass is 10.1. The summed E-state index contributed by atoms with van der Waals surface area (Å²) in [6.07, 6.45) is 0. The molecular formula is C13H17ClO3. The predicted octanol–water partition coefficient (Wildman–Crippen LogP) is 3.32. The Balaban J connectivity index is 2.89. The monoisotopic (exact) mass is 256 g/mol. The molecule has 3 nitrogen and oxygen atoms in total. The molecule has 0 N–H and O–H groups in total. The van der Waals surface area contributed by atoms with Gasteiger partial charge in [-0.25, -0.2) is 0 Å². The van der Waals surface area contributed by atoms with Crippen LogP contribution >= 0.6 is 11.6 Å². The molecule has 0 radical (unpaired) electrons. The Morgan fingerprint density at radius 3 is 2.41 bits per heavy atom. The molecular weight excluding hydrogens is 240 g/mol. The summed E-state index contributed by atoms with van der Waals surface area (Å²) < 4.78 is 10.4. The van der Waals surface area contributed by atoms with E-state index in [2.05, 4.69) is 0 Å². The van der Waals surface area contributed by atoms with Crippen molar-refractivity contribution >= 4 is 17.6 Å². The first-order valence-electron chi connectivity index (χ1n) is 5.35. The Kier molecular flexibility index (Phi) is 4.40. The maximum Gasteiger partial charge on any atom is 0.329 e. The zero-order chi connectivity index (χ0) is 13.1. The molecule has 0 spiro atoms. The molecule has 0 heterocycles. The minimum Gasteiger partial charge on any atom is -0.496 e. The second-order valence-electron chi connectivity index (χ2n) is 4.64. The van der Waals surface area contributed by atoms with E-state index in [1.54, 1.807) is 39.0 Å². The van der Waals surface area contributed by atoms with Gasteiger partial charge >= 0.3 is 5.97 Å². The van der Waals surface area contributed by atoms with E-state index >= 15 is 0 Å². The van der Waals surface area contributed by atoms with Crippen molar-refractivity contribution in [2.24, 2.45) is 0 Å². The van der Waals surface area contributed by atoms with Gasteiger partial charge < -0.3 is 9.47 Å². The minimum atomic E-state index is -0.856. The fraction of sp³-hybridized carbons (Fsp3) is 0.462. The number of hydrogen-bond donors (Lipinski definition) is 0. The summed E-state index contributed by atoms with van der Waals surface area (Å²) >= 11 is 6.09.